The van der Waals surface area contributed by atoms with Crippen molar-refractivity contribution < 1.29 is 4.21 Å². The van der Waals surface area contributed by atoms with Gasteiger partial charge in [-0.3, -0.25) is 8.89 Å². The van der Waals surface area contributed by atoms with E-state index < -0.39 is 10.8 Å². The molecule has 0 amide bonds. The predicted octanol–water partition coefficient (Wildman–Crippen LogP) is 1.04. The van der Waals surface area contributed by atoms with Crippen LogP contribution in [0.3, 0.4) is 0 Å². The van der Waals surface area contributed by atoms with Crippen LogP contribution in [0.5, 0.6) is 0 Å². The number of hydrogen-bond donors (Lipinski definition) is 0. The maximum absolute atomic E-state index is 11.3. The SMILES string of the molecule is Cc1nn(C)c(N2CCS(=O)CC2)c1CCl. The van der Waals surface area contributed by atoms with Crippen LogP contribution in [0.25, 0.3) is 0 Å². The first-order valence-corrected chi connectivity index (χ1v) is 7.34. The first-order chi connectivity index (χ1) is 7.63. The molecule has 90 valence electrons. The van der Waals surface area contributed by atoms with Gasteiger partial charge in [-0.15, -0.1) is 11.6 Å². The van der Waals surface area contributed by atoms with Crippen molar-refractivity contribution in [3.05, 3.63) is 11.3 Å². The van der Waals surface area contributed by atoms with Gasteiger partial charge in [-0.25, -0.2) is 0 Å². The van der Waals surface area contributed by atoms with E-state index in [0.717, 1.165) is 41.7 Å². The average Bonchev–Trinajstić information content (AvgIpc) is 2.54. The number of nitrogens with zero attached hydrogens (tertiary/aromatic N) is 3. The van der Waals surface area contributed by atoms with Gasteiger partial charge in [0.25, 0.3) is 0 Å². The second-order valence-electron chi connectivity index (χ2n) is 3.98. The van der Waals surface area contributed by atoms with E-state index in [1.165, 1.54) is 0 Å². The Kier molecular flexibility index (Phi) is 3.54. The van der Waals surface area contributed by atoms with E-state index in [-0.39, 0.29) is 0 Å². The highest BCUT2D eigenvalue weighted by Gasteiger charge is 2.22. The van der Waals surface area contributed by atoms with Crippen molar-refractivity contribution in [2.75, 3.05) is 29.5 Å². The lowest BCUT2D eigenvalue weighted by Crippen LogP contribution is -2.39. The van der Waals surface area contributed by atoms with E-state index in [2.05, 4.69) is 10.00 Å². The molecule has 0 saturated carbocycles. The van der Waals surface area contributed by atoms with Crippen molar-refractivity contribution in [3.63, 3.8) is 0 Å². The Hall–Kier alpha value is -0.550. The number of aromatic nitrogens is 2. The van der Waals surface area contributed by atoms with Crippen molar-refractivity contribution in [1.29, 1.82) is 0 Å². The van der Waals surface area contributed by atoms with Crippen LogP contribution in [0, 0.1) is 6.92 Å². The lowest BCUT2D eigenvalue weighted by atomic mass is 10.2. The highest BCUT2D eigenvalue weighted by atomic mass is 35.5. The smallest absolute Gasteiger partial charge is 0.131 e. The van der Waals surface area contributed by atoms with Gasteiger partial charge < -0.3 is 4.90 Å². The summed E-state index contributed by atoms with van der Waals surface area (Å²) in [6.45, 7) is 3.63. The molecular weight excluding hydrogens is 246 g/mol. The summed E-state index contributed by atoms with van der Waals surface area (Å²) in [7, 11) is 1.29. The third-order valence-electron chi connectivity index (χ3n) is 2.92. The molecule has 6 heteroatoms. The quantitative estimate of drug-likeness (QED) is 0.747. The maximum atomic E-state index is 11.3. The highest BCUT2D eigenvalue weighted by Crippen LogP contribution is 2.25. The van der Waals surface area contributed by atoms with Gasteiger partial charge in [-0.1, -0.05) is 0 Å². The lowest BCUT2D eigenvalue weighted by Gasteiger charge is -2.29. The fourth-order valence-corrected chi connectivity index (χ4v) is 3.46. The fraction of sp³-hybridized carbons (Fsp3) is 0.700. The van der Waals surface area contributed by atoms with E-state index >= 15 is 0 Å². The molecule has 0 spiro atoms. The summed E-state index contributed by atoms with van der Waals surface area (Å²) in [5.41, 5.74) is 2.08. The van der Waals surface area contributed by atoms with Crippen molar-refractivity contribution in [2.24, 2.45) is 7.05 Å². The molecule has 2 heterocycles. The molecule has 0 aliphatic carbocycles. The number of alkyl halides is 1. The standard InChI is InChI=1S/C10H16ClN3OS/c1-8-9(7-11)10(13(2)12-8)14-3-5-16(15)6-4-14/h3-7H2,1-2H3. The van der Waals surface area contributed by atoms with Crippen molar-refractivity contribution >= 4 is 28.2 Å². The zero-order chi connectivity index (χ0) is 11.7. The molecule has 1 aliphatic rings. The van der Waals surface area contributed by atoms with Gasteiger partial charge in [0.15, 0.2) is 0 Å². The second-order valence-corrected chi connectivity index (χ2v) is 5.94. The van der Waals surface area contributed by atoms with Gasteiger partial charge >= 0.3 is 0 Å². The maximum Gasteiger partial charge on any atom is 0.131 e. The molecule has 1 fully saturated rings. The van der Waals surface area contributed by atoms with Crippen LogP contribution < -0.4 is 4.90 Å². The number of halogens is 1. The molecule has 16 heavy (non-hydrogen) atoms. The molecule has 0 atom stereocenters. The van der Waals surface area contributed by atoms with Crippen molar-refractivity contribution in [2.45, 2.75) is 12.8 Å². The summed E-state index contributed by atoms with van der Waals surface area (Å²) < 4.78 is 13.2. The molecule has 0 aromatic carbocycles. The van der Waals surface area contributed by atoms with Crippen LogP contribution in [-0.4, -0.2) is 38.6 Å². The highest BCUT2D eigenvalue weighted by molar-refractivity contribution is 7.85. The van der Waals surface area contributed by atoms with E-state index in [0.29, 0.717) is 5.88 Å². The summed E-state index contributed by atoms with van der Waals surface area (Å²) in [5, 5.41) is 4.39. The predicted molar refractivity (Wildman–Crippen MR) is 67.6 cm³/mol. The molecule has 0 radical (unpaired) electrons. The number of hydrogen-bond acceptors (Lipinski definition) is 3. The molecule has 1 aliphatic heterocycles. The normalized spacial score (nSPS) is 18.1. The Morgan fingerprint density at radius 2 is 2.06 bits per heavy atom. The van der Waals surface area contributed by atoms with Crippen LogP contribution in [0.4, 0.5) is 5.82 Å². The molecule has 1 aromatic rings. The minimum atomic E-state index is -0.647. The average molecular weight is 262 g/mol. The zero-order valence-corrected chi connectivity index (χ0v) is 11.1. The molecule has 1 saturated heterocycles. The number of anilines is 1. The Balaban J connectivity index is 2.29. The van der Waals surface area contributed by atoms with Gasteiger partial charge in [0.2, 0.25) is 0 Å². The van der Waals surface area contributed by atoms with E-state index in [9.17, 15) is 4.21 Å². The molecule has 2 rings (SSSR count). The molecule has 0 bridgehead atoms. The summed E-state index contributed by atoms with van der Waals surface area (Å²) >= 11 is 5.96. The van der Waals surface area contributed by atoms with Crippen molar-refractivity contribution in [3.8, 4) is 0 Å². The van der Waals surface area contributed by atoms with Gasteiger partial charge in [-0.2, -0.15) is 5.10 Å². The molecule has 1 aromatic heterocycles. The second kappa shape index (κ2) is 4.75. The first kappa shape index (κ1) is 11.9. The summed E-state index contributed by atoms with van der Waals surface area (Å²) in [4.78, 5) is 2.24. The molecule has 4 nitrogen and oxygen atoms in total. The van der Waals surface area contributed by atoms with E-state index in [1.807, 2.05) is 18.7 Å². The van der Waals surface area contributed by atoms with Crippen LogP contribution in [0.1, 0.15) is 11.3 Å². The van der Waals surface area contributed by atoms with Gasteiger partial charge in [0.05, 0.1) is 11.6 Å². The summed E-state index contributed by atoms with van der Waals surface area (Å²) in [6, 6.07) is 0. The Bertz CT molecular complexity index is 408. The monoisotopic (exact) mass is 261 g/mol. The Labute approximate surface area is 103 Å². The van der Waals surface area contributed by atoms with Gasteiger partial charge in [-0.05, 0) is 6.92 Å². The van der Waals surface area contributed by atoms with E-state index in [4.69, 9.17) is 11.6 Å². The summed E-state index contributed by atoms with van der Waals surface area (Å²) in [5.74, 6) is 3.05. The van der Waals surface area contributed by atoms with E-state index in [1.54, 1.807) is 0 Å². The van der Waals surface area contributed by atoms with Crippen LogP contribution in [0.15, 0.2) is 0 Å². The fourth-order valence-electron chi connectivity index (χ4n) is 2.09. The van der Waals surface area contributed by atoms with Gasteiger partial charge in [0.1, 0.15) is 5.82 Å². The topological polar surface area (TPSA) is 38.1 Å². The zero-order valence-electron chi connectivity index (χ0n) is 9.57. The number of aryl methyl sites for hydroxylation is 2. The first-order valence-electron chi connectivity index (χ1n) is 5.32. The van der Waals surface area contributed by atoms with Crippen molar-refractivity contribution in [1.82, 2.24) is 9.78 Å². The third-order valence-corrected chi connectivity index (χ3v) is 4.47. The largest absolute Gasteiger partial charge is 0.355 e. The number of rotatable bonds is 2. The minimum Gasteiger partial charge on any atom is -0.355 e. The summed E-state index contributed by atoms with van der Waals surface area (Å²) in [6.07, 6.45) is 0. The Morgan fingerprint density at radius 3 is 2.62 bits per heavy atom. The minimum absolute atomic E-state index is 0.481. The Morgan fingerprint density at radius 1 is 1.44 bits per heavy atom. The van der Waals surface area contributed by atoms with Gasteiger partial charge in [0, 0.05) is 48.0 Å². The lowest BCUT2D eigenvalue weighted by molar-refractivity contribution is 0.664. The van der Waals surface area contributed by atoms with Crippen LogP contribution >= 0.6 is 11.6 Å². The molecule has 0 unspecified atom stereocenters. The van der Waals surface area contributed by atoms with Crippen LogP contribution in [-0.2, 0) is 23.7 Å². The van der Waals surface area contributed by atoms with Crippen LogP contribution in [0.2, 0.25) is 0 Å². The molecular formula is C10H16ClN3OS. The third kappa shape index (κ3) is 2.11. The molecule has 0 N–H and O–H groups in total.